The molecular weight excluding hydrogens is 433 g/mol. The number of hydrogen-bond acceptors (Lipinski definition) is 4. The van der Waals surface area contributed by atoms with E-state index in [0.717, 1.165) is 34.4 Å². The van der Waals surface area contributed by atoms with Gasteiger partial charge in [0.05, 0.1) is 12.2 Å². The largest absolute Gasteiger partial charge is 0.464 e. The van der Waals surface area contributed by atoms with Crippen LogP contribution in [0.3, 0.4) is 0 Å². The van der Waals surface area contributed by atoms with Crippen LogP contribution in [0.5, 0.6) is 0 Å². The second kappa shape index (κ2) is 9.34. The third-order valence-corrected chi connectivity index (χ3v) is 4.85. The summed E-state index contributed by atoms with van der Waals surface area (Å²) in [5.74, 6) is -0.618. The highest BCUT2D eigenvalue weighted by Crippen LogP contribution is 2.38. The number of halogens is 4. The van der Waals surface area contributed by atoms with E-state index in [1.165, 1.54) is 12.3 Å². The van der Waals surface area contributed by atoms with Crippen LogP contribution in [0, 0.1) is 0 Å². The Kier molecular flexibility index (Phi) is 6.80. The first kappa shape index (κ1) is 22.6. The third kappa shape index (κ3) is 5.32. The molecule has 0 saturated carbocycles. The quantitative estimate of drug-likeness (QED) is 0.500. The second-order valence-corrected chi connectivity index (χ2v) is 7.11. The maximum absolute atomic E-state index is 13.4. The molecule has 0 N–H and O–H groups in total. The monoisotopic (exact) mass is 450 g/mol. The molecule has 3 aromatic rings. The summed E-state index contributed by atoms with van der Waals surface area (Å²) in [5.41, 5.74) is -0.975. The molecule has 9 heteroatoms. The van der Waals surface area contributed by atoms with E-state index >= 15 is 0 Å². The maximum atomic E-state index is 13.4. The highest BCUT2D eigenvalue weighted by atomic mass is 35.5. The number of esters is 1. The van der Waals surface area contributed by atoms with Crippen molar-refractivity contribution >= 4 is 17.6 Å². The maximum Gasteiger partial charge on any atom is 0.417 e. The lowest BCUT2D eigenvalue weighted by Crippen LogP contribution is -2.32. The number of benzene rings is 1. The SMILES string of the molecule is CCOC(=O)C(Cc1ccncc1)n1ccc(-c2cc(Cl)ccc2C(F)(F)F)cc1=O. The van der Waals surface area contributed by atoms with Gasteiger partial charge in [0.1, 0.15) is 6.04 Å². The Hall–Kier alpha value is -3.13. The zero-order valence-electron chi connectivity index (χ0n) is 16.4. The molecule has 0 fully saturated rings. The van der Waals surface area contributed by atoms with Crippen molar-refractivity contribution in [3.8, 4) is 11.1 Å². The van der Waals surface area contributed by atoms with Gasteiger partial charge in [0.2, 0.25) is 0 Å². The van der Waals surface area contributed by atoms with Crippen molar-refractivity contribution in [3.05, 3.63) is 87.6 Å². The normalized spacial score (nSPS) is 12.4. The third-order valence-electron chi connectivity index (χ3n) is 4.62. The summed E-state index contributed by atoms with van der Waals surface area (Å²) in [7, 11) is 0. The Morgan fingerprint density at radius 1 is 1.16 bits per heavy atom. The Labute approximate surface area is 181 Å². The van der Waals surface area contributed by atoms with Crippen molar-refractivity contribution in [2.24, 2.45) is 0 Å². The van der Waals surface area contributed by atoms with Gasteiger partial charge in [-0.3, -0.25) is 9.78 Å². The Morgan fingerprint density at radius 2 is 1.87 bits per heavy atom. The summed E-state index contributed by atoms with van der Waals surface area (Å²) in [6.45, 7) is 1.76. The van der Waals surface area contributed by atoms with Crippen molar-refractivity contribution in [1.82, 2.24) is 9.55 Å². The molecule has 2 aromatic heterocycles. The van der Waals surface area contributed by atoms with Crippen LogP contribution in [-0.2, 0) is 22.1 Å². The number of carbonyl (C=O) groups excluding carboxylic acids is 1. The van der Waals surface area contributed by atoms with Crippen LogP contribution in [0.15, 0.2) is 65.8 Å². The van der Waals surface area contributed by atoms with E-state index in [0.29, 0.717) is 0 Å². The van der Waals surface area contributed by atoms with Crippen LogP contribution >= 0.6 is 11.6 Å². The van der Waals surface area contributed by atoms with E-state index in [1.54, 1.807) is 31.5 Å². The molecule has 0 aliphatic carbocycles. The number of rotatable bonds is 6. The van der Waals surface area contributed by atoms with Crippen molar-refractivity contribution in [2.45, 2.75) is 25.6 Å². The van der Waals surface area contributed by atoms with Crippen LogP contribution in [0.4, 0.5) is 13.2 Å². The number of pyridine rings is 2. The Bertz CT molecular complexity index is 1130. The molecule has 0 spiro atoms. The second-order valence-electron chi connectivity index (χ2n) is 6.68. The Morgan fingerprint density at radius 3 is 2.48 bits per heavy atom. The molecule has 0 amide bonds. The van der Waals surface area contributed by atoms with Crippen LogP contribution in [0.2, 0.25) is 5.02 Å². The van der Waals surface area contributed by atoms with Crippen LogP contribution in [-0.4, -0.2) is 22.1 Å². The predicted molar refractivity (Wildman–Crippen MR) is 110 cm³/mol. The first-order valence-corrected chi connectivity index (χ1v) is 9.73. The molecule has 162 valence electrons. The van der Waals surface area contributed by atoms with Crippen molar-refractivity contribution in [3.63, 3.8) is 0 Å². The summed E-state index contributed by atoms with van der Waals surface area (Å²) in [5, 5.41) is 0.106. The number of nitrogens with zero attached hydrogens (tertiary/aromatic N) is 2. The minimum atomic E-state index is -4.62. The number of hydrogen-bond donors (Lipinski definition) is 0. The molecule has 0 radical (unpaired) electrons. The fraction of sp³-hybridized carbons (Fsp3) is 0.227. The molecule has 0 saturated heterocycles. The van der Waals surface area contributed by atoms with Crippen LogP contribution in [0.25, 0.3) is 11.1 Å². The van der Waals surface area contributed by atoms with Gasteiger partial charge in [-0.15, -0.1) is 0 Å². The lowest BCUT2D eigenvalue weighted by atomic mass is 10.00. The van der Waals surface area contributed by atoms with E-state index in [4.69, 9.17) is 16.3 Å². The van der Waals surface area contributed by atoms with Crippen LogP contribution < -0.4 is 5.56 Å². The summed E-state index contributed by atoms with van der Waals surface area (Å²) >= 11 is 5.89. The summed E-state index contributed by atoms with van der Waals surface area (Å²) in [4.78, 5) is 29.3. The van der Waals surface area contributed by atoms with E-state index in [-0.39, 0.29) is 29.2 Å². The fourth-order valence-corrected chi connectivity index (χ4v) is 3.37. The molecule has 1 unspecified atom stereocenters. The number of alkyl halides is 3. The van der Waals surface area contributed by atoms with Gasteiger partial charge in [-0.2, -0.15) is 13.2 Å². The van der Waals surface area contributed by atoms with Gasteiger partial charge in [0.15, 0.2) is 0 Å². The predicted octanol–water partition coefficient (Wildman–Crippen LogP) is 4.93. The number of aromatic nitrogens is 2. The van der Waals surface area contributed by atoms with E-state index in [9.17, 15) is 22.8 Å². The first-order chi connectivity index (χ1) is 14.7. The van der Waals surface area contributed by atoms with Gasteiger partial charge < -0.3 is 9.30 Å². The number of carbonyl (C=O) groups is 1. The zero-order valence-corrected chi connectivity index (χ0v) is 17.2. The summed E-state index contributed by atoms with van der Waals surface area (Å²) in [6.07, 6.45) is -0.0564. The smallest absolute Gasteiger partial charge is 0.417 e. The molecule has 0 aliphatic heterocycles. The van der Waals surface area contributed by atoms with Gasteiger partial charge in [-0.25, -0.2) is 4.79 Å². The van der Waals surface area contributed by atoms with Gasteiger partial charge in [-0.05, 0) is 60.0 Å². The average Bonchev–Trinajstić information content (AvgIpc) is 2.72. The van der Waals surface area contributed by atoms with Crippen LogP contribution in [0.1, 0.15) is 24.1 Å². The molecule has 5 nitrogen and oxygen atoms in total. The molecule has 0 aliphatic rings. The van der Waals surface area contributed by atoms with Gasteiger partial charge >= 0.3 is 12.1 Å². The van der Waals surface area contributed by atoms with E-state index < -0.39 is 29.3 Å². The molecule has 1 aromatic carbocycles. The van der Waals surface area contributed by atoms with Crippen molar-refractivity contribution < 1.29 is 22.7 Å². The van der Waals surface area contributed by atoms with E-state index in [1.807, 2.05) is 0 Å². The van der Waals surface area contributed by atoms with Crippen molar-refractivity contribution in [1.29, 1.82) is 0 Å². The molecule has 3 rings (SSSR count). The Balaban J connectivity index is 2.05. The highest BCUT2D eigenvalue weighted by molar-refractivity contribution is 6.30. The standard InChI is InChI=1S/C22H18ClF3N2O3/c1-2-31-21(30)19(11-14-5-8-27-9-6-14)28-10-7-15(12-20(28)29)17-13-16(23)3-4-18(17)22(24,25)26/h3-10,12-13,19H,2,11H2,1H3. The zero-order chi connectivity index (χ0) is 22.6. The highest BCUT2D eigenvalue weighted by Gasteiger charge is 2.34. The minimum Gasteiger partial charge on any atom is -0.464 e. The lowest BCUT2D eigenvalue weighted by molar-refractivity contribution is -0.147. The topological polar surface area (TPSA) is 61.2 Å². The summed E-state index contributed by atoms with van der Waals surface area (Å²) < 4.78 is 46.5. The van der Waals surface area contributed by atoms with Gasteiger partial charge in [0.25, 0.3) is 5.56 Å². The first-order valence-electron chi connectivity index (χ1n) is 9.35. The summed E-state index contributed by atoms with van der Waals surface area (Å²) in [6, 6.07) is 7.99. The van der Waals surface area contributed by atoms with Gasteiger partial charge in [0, 0.05) is 36.1 Å². The molecule has 0 bridgehead atoms. The van der Waals surface area contributed by atoms with Gasteiger partial charge in [-0.1, -0.05) is 11.6 Å². The molecule has 1 atom stereocenters. The number of ether oxygens (including phenoxy) is 1. The molecule has 31 heavy (non-hydrogen) atoms. The molecular formula is C22H18ClF3N2O3. The molecule has 2 heterocycles. The minimum absolute atomic E-state index is 0.0441. The lowest BCUT2D eigenvalue weighted by Gasteiger charge is -2.19. The average molecular weight is 451 g/mol. The van der Waals surface area contributed by atoms with E-state index in [2.05, 4.69) is 4.98 Å². The van der Waals surface area contributed by atoms with Crippen molar-refractivity contribution in [2.75, 3.05) is 6.61 Å². The fourth-order valence-electron chi connectivity index (χ4n) is 3.19.